The van der Waals surface area contributed by atoms with Crippen LogP contribution in [0.5, 0.6) is 11.5 Å². The lowest BCUT2D eigenvalue weighted by molar-refractivity contribution is -0.163. The smallest absolute Gasteiger partial charge is 0.350 e. The molecule has 1 amide bonds. The van der Waals surface area contributed by atoms with Crippen molar-refractivity contribution in [1.29, 1.82) is 0 Å². The fourth-order valence-electron chi connectivity index (χ4n) is 3.52. The molecular formula is C25H32N2O5. The number of hydrogen-bond acceptors (Lipinski definition) is 6. The minimum absolute atomic E-state index is 0.0230. The van der Waals surface area contributed by atoms with Crippen molar-refractivity contribution < 1.29 is 23.8 Å². The largest absolute Gasteiger partial charge is 0.497 e. The molecule has 1 fully saturated rings. The molecule has 0 N–H and O–H groups in total. The van der Waals surface area contributed by atoms with Gasteiger partial charge in [-0.15, -0.1) is 0 Å². The average Bonchev–Trinajstić information content (AvgIpc) is 2.78. The highest BCUT2D eigenvalue weighted by molar-refractivity contribution is 5.94. The van der Waals surface area contributed by atoms with Gasteiger partial charge in [0, 0.05) is 43.5 Å². The van der Waals surface area contributed by atoms with Gasteiger partial charge in [-0.2, -0.15) is 0 Å². The molecule has 7 heteroatoms. The number of methoxy groups -OCH3 is 1. The lowest BCUT2D eigenvalue weighted by Gasteiger charge is -2.36. The van der Waals surface area contributed by atoms with Crippen LogP contribution in [0.1, 0.15) is 38.1 Å². The lowest BCUT2D eigenvalue weighted by Crippen LogP contribution is -2.48. The Morgan fingerprint density at radius 3 is 2.19 bits per heavy atom. The second kappa shape index (κ2) is 9.94. The lowest BCUT2D eigenvalue weighted by atomic mass is 10.1. The fourth-order valence-corrected chi connectivity index (χ4v) is 3.52. The van der Waals surface area contributed by atoms with E-state index in [2.05, 4.69) is 4.90 Å². The van der Waals surface area contributed by atoms with Crippen molar-refractivity contribution in [1.82, 2.24) is 4.90 Å². The third kappa shape index (κ3) is 5.72. The maximum atomic E-state index is 12.8. The van der Waals surface area contributed by atoms with E-state index >= 15 is 0 Å². The summed E-state index contributed by atoms with van der Waals surface area (Å²) in [6.45, 7) is 9.71. The Bertz CT molecular complexity index is 932. The number of amides is 1. The monoisotopic (exact) mass is 440 g/mol. The summed E-state index contributed by atoms with van der Waals surface area (Å²) in [7, 11) is 1.61. The fraction of sp³-hybridized carbons (Fsp3) is 0.440. The third-order valence-electron chi connectivity index (χ3n) is 5.29. The summed E-state index contributed by atoms with van der Waals surface area (Å²) in [6, 6.07) is 14.8. The van der Waals surface area contributed by atoms with Crippen LogP contribution >= 0.6 is 0 Å². The molecule has 0 aromatic heterocycles. The number of benzene rings is 2. The van der Waals surface area contributed by atoms with Crippen LogP contribution in [-0.4, -0.2) is 61.8 Å². The van der Waals surface area contributed by atoms with Crippen LogP contribution in [0.4, 0.5) is 5.69 Å². The third-order valence-corrected chi connectivity index (χ3v) is 5.29. The van der Waals surface area contributed by atoms with E-state index in [0.29, 0.717) is 37.5 Å². The van der Waals surface area contributed by atoms with Crippen molar-refractivity contribution in [2.75, 3.05) is 38.2 Å². The molecule has 1 saturated heterocycles. The highest BCUT2D eigenvalue weighted by Gasteiger charge is 2.33. The first kappa shape index (κ1) is 23.4. The summed E-state index contributed by atoms with van der Waals surface area (Å²) in [4.78, 5) is 29.2. The van der Waals surface area contributed by atoms with E-state index in [-0.39, 0.29) is 12.0 Å². The molecule has 7 nitrogen and oxygen atoms in total. The first-order valence-electron chi connectivity index (χ1n) is 10.9. The SMILES string of the molecule is COc1ccc(C(=O)N2CCN(c3cccc(OC(C)(C)C(=O)OC(C)C)c3)CC2)cc1. The van der Waals surface area contributed by atoms with E-state index in [1.165, 1.54) is 0 Å². The van der Waals surface area contributed by atoms with Crippen molar-refractivity contribution in [2.24, 2.45) is 0 Å². The van der Waals surface area contributed by atoms with Crippen LogP contribution in [0.25, 0.3) is 0 Å². The van der Waals surface area contributed by atoms with E-state index in [1.807, 2.05) is 43.0 Å². The van der Waals surface area contributed by atoms with Crippen LogP contribution in [0.15, 0.2) is 48.5 Å². The summed E-state index contributed by atoms with van der Waals surface area (Å²) in [5, 5.41) is 0. The molecule has 0 unspecified atom stereocenters. The highest BCUT2D eigenvalue weighted by Crippen LogP contribution is 2.26. The first-order valence-corrected chi connectivity index (χ1v) is 10.9. The summed E-state index contributed by atoms with van der Waals surface area (Å²) >= 11 is 0. The molecule has 0 saturated carbocycles. The van der Waals surface area contributed by atoms with Gasteiger partial charge in [0.15, 0.2) is 5.60 Å². The number of carbonyl (C=O) groups excluding carboxylic acids is 2. The second-order valence-corrected chi connectivity index (χ2v) is 8.57. The number of rotatable bonds is 7. The van der Waals surface area contributed by atoms with Gasteiger partial charge in [0.25, 0.3) is 5.91 Å². The van der Waals surface area contributed by atoms with E-state index in [4.69, 9.17) is 14.2 Å². The van der Waals surface area contributed by atoms with Crippen LogP contribution in [0.2, 0.25) is 0 Å². The normalized spacial score (nSPS) is 14.3. The highest BCUT2D eigenvalue weighted by atomic mass is 16.6. The minimum Gasteiger partial charge on any atom is -0.497 e. The average molecular weight is 441 g/mol. The molecule has 0 bridgehead atoms. The van der Waals surface area contributed by atoms with Crippen LogP contribution in [0, 0.1) is 0 Å². The molecule has 3 rings (SSSR count). The summed E-state index contributed by atoms with van der Waals surface area (Å²) in [5.41, 5.74) is 0.559. The predicted octanol–water partition coefficient (Wildman–Crippen LogP) is 3.77. The van der Waals surface area contributed by atoms with Crippen molar-refractivity contribution in [3.8, 4) is 11.5 Å². The Hall–Kier alpha value is -3.22. The number of esters is 1. The van der Waals surface area contributed by atoms with Gasteiger partial charge < -0.3 is 24.0 Å². The van der Waals surface area contributed by atoms with Gasteiger partial charge in [-0.1, -0.05) is 6.07 Å². The number of ether oxygens (including phenoxy) is 3. The maximum Gasteiger partial charge on any atom is 0.350 e. The zero-order valence-electron chi connectivity index (χ0n) is 19.5. The summed E-state index contributed by atoms with van der Waals surface area (Å²) < 4.78 is 16.4. The molecule has 1 aliphatic rings. The van der Waals surface area contributed by atoms with Gasteiger partial charge >= 0.3 is 5.97 Å². The Kier molecular flexibility index (Phi) is 7.28. The maximum absolute atomic E-state index is 12.8. The molecule has 0 radical (unpaired) electrons. The molecule has 2 aromatic carbocycles. The molecule has 1 heterocycles. The number of anilines is 1. The Labute approximate surface area is 189 Å². The number of hydrogen-bond donors (Lipinski definition) is 0. The summed E-state index contributed by atoms with van der Waals surface area (Å²) in [5.74, 6) is 0.956. The van der Waals surface area contributed by atoms with E-state index in [9.17, 15) is 9.59 Å². The van der Waals surface area contributed by atoms with E-state index in [1.54, 1.807) is 45.2 Å². The van der Waals surface area contributed by atoms with Crippen molar-refractivity contribution in [2.45, 2.75) is 39.4 Å². The number of piperazine rings is 1. The van der Waals surface area contributed by atoms with Crippen LogP contribution in [-0.2, 0) is 9.53 Å². The standard InChI is InChI=1S/C25H32N2O5/c1-18(2)31-24(29)25(3,4)32-22-8-6-7-20(17-22)26-13-15-27(16-14-26)23(28)19-9-11-21(30-5)12-10-19/h6-12,17-18H,13-16H2,1-5H3. The van der Waals surface area contributed by atoms with E-state index < -0.39 is 11.6 Å². The van der Waals surface area contributed by atoms with Gasteiger partial charge in [-0.25, -0.2) is 4.79 Å². The van der Waals surface area contributed by atoms with Crippen molar-refractivity contribution in [3.63, 3.8) is 0 Å². The van der Waals surface area contributed by atoms with Crippen molar-refractivity contribution >= 4 is 17.6 Å². The number of nitrogens with zero attached hydrogens (tertiary/aromatic N) is 2. The molecule has 1 aliphatic heterocycles. The van der Waals surface area contributed by atoms with Gasteiger partial charge in [-0.05, 0) is 64.1 Å². The van der Waals surface area contributed by atoms with Crippen LogP contribution in [0.3, 0.4) is 0 Å². The zero-order chi connectivity index (χ0) is 23.3. The van der Waals surface area contributed by atoms with Crippen LogP contribution < -0.4 is 14.4 Å². The van der Waals surface area contributed by atoms with Gasteiger partial charge in [0.05, 0.1) is 13.2 Å². The molecule has 32 heavy (non-hydrogen) atoms. The Morgan fingerprint density at radius 2 is 1.59 bits per heavy atom. The minimum atomic E-state index is -1.09. The zero-order valence-corrected chi connectivity index (χ0v) is 19.5. The molecule has 0 spiro atoms. The number of carbonyl (C=O) groups is 2. The van der Waals surface area contributed by atoms with Crippen molar-refractivity contribution in [3.05, 3.63) is 54.1 Å². The molecule has 2 aromatic rings. The van der Waals surface area contributed by atoms with Gasteiger partial charge in [0.2, 0.25) is 0 Å². The molecule has 0 aliphatic carbocycles. The van der Waals surface area contributed by atoms with Gasteiger partial charge in [0.1, 0.15) is 11.5 Å². The Morgan fingerprint density at radius 1 is 0.938 bits per heavy atom. The molecule has 0 atom stereocenters. The topological polar surface area (TPSA) is 68.3 Å². The molecular weight excluding hydrogens is 408 g/mol. The van der Waals surface area contributed by atoms with E-state index in [0.717, 1.165) is 11.4 Å². The summed E-state index contributed by atoms with van der Waals surface area (Å²) in [6.07, 6.45) is -0.200. The predicted molar refractivity (Wildman–Crippen MR) is 123 cm³/mol. The molecule has 172 valence electrons. The quantitative estimate of drug-likeness (QED) is 0.611. The Balaban J connectivity index is 1.61. The van der Waals surface area contributed by atoms with Gasteiger partial charge in [-0.3, -0.25) is 4.79 Å². The second-order valence-electron chi connectivity index (χ2n) is 8.57. The first-order chi connectivity index (χ1) is 15.2.